The molecule has 1 aromatic carbocycles. The van der Waals surface area contributed by atoms with Gasteiger partial charge in [0.15, 0.2) is 11.6 Å². The van der Waals surface area contributed by atoms with Gasteiger partial charge in [0.25, 0.3) is 0 Å². The lowest BCUT2D eigenvalue weighted by molar-refractivity contribution is -0.115. The van der Waals surface area contributed by atoms with Crippen molar-refractivity contribution in [1.82, 2.24) is 0 Å². The Hall–Kier alpha value is -1.90. The van der Waals surface area contributed by atoms with Gasteiger partial charge in [-0.3, -0.25) is 9.59 Å². The molecule has 0 atom stereocenters. The SMILES string of the molecule is O=C(/C=C(\O)C1(C(=O)c2ccccc2)CC1)C1CC1. The van der Waals surface area contributed by atoms with Gasteiger partial charge in [-0.15, -0.1) is 0 Å². The van der Waals surface area contributed by atoms with Crippen LogP contribution in [0.1, 0.15) is 36.0 Å². The summed E-state index contributed by atoms with van der Waals surface area (Å²) in [6.07, 6.45) is 4.35. The molecule has 2 fully saturated rings. The van der Waals surface area contributed by atoms with Gasteiger partial charge in [0.1, 0.15) is 5.76 Å². The zero-order chi connectivity index (χ0) is 13.5. The minimum atomic E-state index is -0.827. The lowest BCUT2D eigenvalue weighted by Gasteiger charge is -2.13. The van der Waals surface area contributed by atoms with Crippen LogP contribution in [0.15, 0.2) is 42.2 Å². The first kappa shape index (κ1) is 12.2. The van der Waals surface area contributed by atoms with E-state index in [-0.39, 0.29) is 23.2 Å². The van der Waals surface area contributed by atoms with Crippen molar-refractivity contribution in [2.24, 2.45) is 11.3 Å². The van der Waals surface area contributed by atoms with Gasteiger partial charge in [-0.25, -0.2) is 0 Å². The van der Waals surface area contributed by atoms with Crippen LogP contribution < -0.4 is 0 Å². The van der Waals surface area contributed by atoms with Crippen molar-refractivity contribution in [1.29, 1.82) is 0 Å². The summed E-state index contributed by atoms with van der Waals surface area (Å²) in [5.41, 5.74) is -0.231. The highest BCUT2D eigenvalue weighted by Crippen LogP contribution is 2.53. The van der Waals surface area contributed by atoms with Gasteiger partial charge in [-0.1, -0.05) is 30.3 Å². The Morgan fingerprint density at radius 3 is 2.32 bits per heavy atom. The Balaban J connectivity index is 1.83. The van der Waals surface area contributed by atoms with Crippen LogP contribution in [0.2, 0.25) is 0 Å². The summed E-state index contributed by atoms with van der Waals surface area (Å²) in [6.45, 7) is 0. The van der Waals surface area contributed by atoms with Crippen molar-refractivity contribution in [3.8, 4) is 0 Å². The quantitative estimate of drug-likeness (QED) is 0.500. The fourth-order valence-electron chi connectivity index (χ4n) is 2.35. The number of rotatable bonds is 5. The molecule has 0 radical (unpaired) electrons. The summed E-state index contributed by atoms with van der Waals surface area (Å²) < 4.78 is 0. The fourth-order valence-corrected chi connectivity index (χ4v) is 2.35. The summed E-state index contributed by atoms with van der Waals surface area (Å²) in [7, 11) is 0. The van der Waals surface area contributed by atoms with Crippen molar-refractivity contribution < 1.29 is 14.7 Å². The monoisotopic (exact) mass is 256 g/mol. The van der Waals surface area contributed by atoms with Crippen LogP contribution >= 0.6 is 0 Å². The maximum atomic E-state index is 12.4. The van der Waals surface area contributed by atoms with Crippen molar-refractivity contribution >= 4 is 11.6 Å². The number of hydrogen-bond donors (Lipinski definition) is 1. The summed E-state index contributed by atoms with van der Waals surface area (Å²) in [5, 5.41) is 10.1. The van der Waals surface area contributed by atoms with E-state index < -0.39 is 5.41 Å². The van der Waals surface area contributed by atoms with Crippen LogP contribution in [-0.4, -0.2) is 16.7 Å². The summed E-state index contributed by atoms with van der Waals surface area (Å²) in [4.78, 5) is 24.1. The third-order valence-electron chi connectivity index (χ3n) is 3.97. The van der Waals surface area contributed by atoms with Crippen molar-refractivity contribution in [2.75, 3.05) is 0 Å². The first-order valence-electron chi connectivity index (χ1n) is 6.68. The number of allylic oxidation sites excluding steroid dienone is 2. The Morgan fingerprint density at radius 1 is 1.16 bits per heavy atom. The molecule has 0 saturated heterocycles. The minimum absolute atomic E-state index is 0.0374. The van der Waals surface area contributed by atoms with Gasteiger partial charge in [0.2, 0.25) is 0 Å². The standard InChI is InChI=1S/C16H16O3/c17-13(11-6-7-11)10-14(18)16(8-9-16)15(19)12-4-2-1-3-5-12/h1-5,10-11,18H,6-9H2/b14-10-. The molecule has 3 heteroatoms. The van der Waals surface area contributed by atoms with E-state index in [2.05, 4.69) is 0 Å². The van der Waals surface area contributed by atoms with E-state index in [9.17, 15) is 14.7 Å². The van der Waals surface area contributed by atoms with Crippen LogP contribution in [-0.2, 0) is 4.79 Å². The average Bonchev–Trinajstić information content (AvgIpc) is 3.31. The fraction of sp³-hybridized carbons (Fsp3) is 0.375. The number of Topliss-reactive ketones (excluding diaryl/α,β-unsaturated/α-hetero) is 1. The van der Waals surface area contributed by atoms with E-state index in [1.54, 1.807) is 24.3 Å². The van der Waals surface area contributed by atoms with Gasteiger partial charge >= 0.3 is 0 Å². The average molecular weight is 256 g/mol. The van der Waals surface area contributed by atoms with Crippen molar-refractivity contribution in [3.05, 3.63) is 47.7 Å². The van der Waals surface area contributed by atoms with Crippen molar-refractivity contribution in [3.63, 3.8) is 0 Å². The van der Waals surface area contributed by atoms with Crippen molar-refractivity contribution in [2.45, 2.75) is 25.7 Å². The summed E-state index contributed by atoms with van der Waals surface area (Å²) in [6, 6.07) is 8.96. The molecule has 0 heterocycles. The van der Waals surface area contributed by atoms with Crippen LogP contribution in [0.25, 0.3) is 0 Å². The number of carbonyl (C=O) groups excluding carboxylic acids is 2. The smallest absolute Gasteiger partial charge is 0.176 e. The highest BCUT2D eigenvalue weighted by atomic mass is 16.3. The van der Waals surface area contributed by atoms with Crippen LogP contribution in [0.5, 0.6) is 0 Å². The minimum Gasteiger partial charge on any atom is -0.511 e. The largest absolute Gasteiger partial charge is 0.511 e. The van der Waals surface area contributed by atoms with Gasteiger partial charge in [0.05, 0.1) is 5.41 Å². The maximum Gasteiger partial charge on any atom is 0.176 e. The van der Waals surface area contributed by atoms with E-state index in [4.69, 9.17) is 0 Å². The van der Waals surface area contributed by atoms with Gasteiger partial charge in [-0.05, 0) is 25.7 Å². The molecule has 0 unspecified atom stereocenters. The normalized spacial score (nSPS) is 20.9. The van der Waals surface area contributed by atoms with E-state index in [0.29, 0.717) is 18.4 Å². The number of ketones is 2. The molecular weight excluding hydrogens is 240 g/mol. The highest BCUT2D eigenvalue weighted by Gasteiger charge is 2.54. The summed E-state index contributed by atoms with van der Waals surface area (Å²) in [5.74, 6) is -0.0851. The first-order chi connectivity index (χ1) is 9.13. The number of hydrogen-bond acceptors (Lipinski definition) is 3. The second-order valence-corrected chi connectivity index (χ2v) is 5.48. The highest BCUT2D eigenvalue weighted by molar-refractivity contribution is 6.05. The Morgan fingerprint density at radius 2 is 1.79 bits per heavy atom. The molecular formula is C16H16O3. The molecule has 3 nitrogen and oxygen atoms in total. The van der Waals surface area contributed by atoms with E-state index in [1.165, 1.54) is 6.08 Å². The topological polar surface area (TPSA) is 54.4 Å². The zero-order valence-electron chi connectivity index (χ0n) is 10.6. The number of benzene rings is 1. The van der Waals surface area contributed by atoms with Crippen LogP contribution in [0.3, 0.4) is 0 Å². The first-order valence-corrected chi connectivity index (χ1v) is 6.68. The van der Waals surface area contributed by atoms with Gasteiger partial charge in [-0.2, -0.15) is 0 Å². The number of aliphatic hydroxyl groups is 1. The molecule has 1 N–H and O–H groups in total. The molecule has 0 aromatic heterocycles. The molecule has 0 spiro atoms. The molecule has 3 rings (SSSR count). The molecule has 2 aliphatic carbocycles. The van der Waals surface area contributed by atoms with Crippen LogP contribution in [0.4, 0.5) is 0 Å². The maximum absolute atomic E-state index is 12.4. The van der Waals surface area contributed by atoms with Gasteiger partial charge in [0, 0.05) is 17.6 Å². The molecule has 0 aliphatic heterocycles. The number of aliphatic hydroxyl groups excluding tert-OH is 1. The second-order valence-electron chi connectivity index (χ2n) is 5.48. The molecule has 19 heavy (non-hydrogen) atoms. The third-order valence-corrected chi connectivity index (χ3v) is 3.97. The Kier molecular flexibility index (Phi) is 2.77. The lowest BCUT2D eigenvalue weighted by atomic mass is 9.92. The predicted octanol–water partition coefficient (Wildman–Crippen LogP) is 3.07. The molecule has 0 bridgehead atoms. The Bertz CT molecular complexity index is 549. The van der Waals surface area contributed by atoms with E-state index >= 15 is 0 Å². The summed E-state index contributed by atoms with van der Waals surface area (Å²) >= 11 is 0. The second kappa shape index (κ2) is 4.34. The lowest BCUT2D eigenvalue weighted by Crippen LogP contribution is -2.19. The molecule has 2 saturated carbocycles. The van der Waals surface area contributed by atoms with E-state index in [1.807, 2.05) is 6.07 Å². The molecule has 1 aromatic rings. The van der Waals surface area contributed by atoms with E-state index in [0.717, 1.165) is 12.8 Å². The predicted molar refractivity (Wildman–Crippen MR) is 70.9 cm³/mol. The van der Waals surface area contributed by atoms with Crippen LogP contribution in [0, 0.1) is 11.3 Å². The Labute approximate surface area is 111 Å². The van der Waals surface area contributed by atoms with Gasteiger partial charge < -0.3 is 5.11 Å². The number of carbonyl (C=O) groups is 2. The zero-order valence-corrected chi connectivity index (χ0v) is 10.6. The molecule has 2 aliphatic rings. The third kappa shape index (κ3) is 2.21. The molecule has 0 amide bonds. The molecule has 98 valence electrons.